The number of carboxylic acid groups (broad SMARTS) is 2. The average molecular weight is 301 g/mol. The molecule has 7 nitrogen and oxygen atoms in total. The summed E-state index contributed by atoms with van der Waals surface area (Å²) in [5, 5.41) is 28.0. The smallest absolute Gasteiger partial charge is 0.550 e. The molecule has 0 aliphatic heterocycles. The topological polar surface area (TPSA) is 122 Å². The van der Waals surface area contributed by atoms with E-state index in [1.807, 2.05) is 24.3 Å². The molecule has 0 spiro atoms. The summed E-state index contributed by atoms with van der Waals surface area (Å²) < 4.78 is 0. The molecule has 0 amide bonds. The van der Waals surface area contributed by atoms with Gasteiger partial charge in [0.1, 0.15) is 5.52 Å². The zero-order valence-corrected chi connectivity index (χ0v) is 10.6. The average Bonchev–Trinajstić information content (AvgIpc) is 2.62. The van der Waals surface area contributed by atoms with Crippen molar-refractivity contribution in [3.63, 3.8) is 0 Å². The number of aromatic amines is 1. The van der Waals surface area contributed by atoms with Crippen LogP contribution in [0, 0.1) is 0 Å². The number of hydrogen-bond donors (Lipinski definition) is 1. The quantitative estimate of drug-likeness (QED) is 0.589. The van der Waals surface area contributed by atoms with E-state index in [0.29, 0.717) is 0 Å². The van der Waals surface area contributed by atoms with Crippen LogP contribution in [0.25, 0.3) is 11.0 Å². The third-order valence-corrected chi connectivity index (χ3v) is 1.23. The SMILES string of the molecule is CC(=O)[O-].CC(=O)[O-].[Cu+2].c1ccc2[nH]nnc2c1. The van der Waals surface area contributed by atoms with Crippen LogP contribution in [0.1, 0.15) is 13.8 Å². The van der Waals surface area contributed by atoms with Gasteiger partial charge in [-0.3, -0.25) is 5.10 Å². The Balaban J connectivity index is 0. The van der Waals surface area contributed by atoms with E-state index in [0.717, 1.165) is 24.9 Å². The second kappa shape index (κ2) is 10.2. The van der Waals surface area contributed by atoms with Gasteiger partial charge in [-0.1, -0.05) is 17.3 Å². The van der Waals surface area contributed by atoms with Gasteiger partial charge in [0.25, 0.3) is 0 Å². The summed E-state index contributed by atoms with van der Waals surface area (Å²) in [5.41, 5.74) is 1.90. The molecule has 0 aliphatic rings. The van der Waals surface area contributed by atoms with Crippen LogP contribution in [0.15, 0.2) is 24.3 Å². The molecule has 1 aromatic heterocycles. The van der Waals surface area contributed by atoms with Gasteiger partial charge in [0.2, 0.25) is 0 Å². The van der Waals surface area contributed by atoms with Gasteiger partial charge >= 0.3 is 17.1 Å². The summed E-state index contributed by atoms with van der Waals surface area (Å²) in [5.74, 6) is -2.17. The maximum Gasteiger partial charge on any atom is 2.00 e. The fourth-order valence-corrected chi connectivity index (χ4v) is 0.788. The van der Waals surface area contributed by atoms with Crippen molar-refractivity contribution >= 4 is 23.0 Å². The molecule has 0 unspecified atom stereocenters. The summed E-state index contributed by atoms with van der Waals surface area (Å²) in [6.45, 7) is 1.94. The molecule has 2 rings (SSSR count). The summed E-state index contributed by atoms with van der Waals surface area (Å²) in [6.07, 6.45) is 0. The first-order valence-electron chi connectivity index (χ1n) is 4.54. The fourth-order valence-electron chi connectivity index (χ4n) is 0.788. The molecule has 1 N–H and O–H groups in total. The number of benzene rings is 1. The first-order chi connectivity index (χ1) is 7.93. The van der Waals surface area contributed by atoms with Crippen LogP contribution in [-0.4, -0.2) is 27.3 Å². The molecule has 101 valence electrons. The van der Waals surface area contributed by atoms with Gasteiger partial charge in [0.15, 0.2) is 0 Å². The standard InChI is InChI=1S/C6H5N3.2C2H4O2.Cu/c1-2-4-6-5(3-1)7-9-8-6;2*1-2(3)4;/h1-4H,(H,7,8,9);2*1H3,(H,3,4);/q;;;+2/p-2. The van der Waals surface area contributed by atoms with Gasteiger partial charge in [0, 0.05) is 11.9 Å². The Labute approximate surface area is 114 Å². The largest absolute Gasteiger partial charge is 2.00 e. The Hall–Kier alpha value is -1.92. The zero-order valence-electron chi connectivity index (χ0n) is 9.64. The van der Waals surface area contributed by atoms with Crippen LogP contribution in [-0.2, 0) is 26.7 Å². The van der Waals surface area contributed by atoms with Crippen LogP contribution in [0.4, 0.5) is 0 Å². The number of aliphatic carboxylic acids is 2. The minimum Gasteiger partial charge on any atom is -0.550 e. The number of H-pyrrole nitrogens is 1. The van der Waals surface area contributed by atoms with Crippen LogP contribution in [0.5, 0.6) is 0 Å². The molecule has 0 saturated heterocycles. The number of carboxylic acids is 2. The summed E-state index contributed by atoms with van der Waals surface area (Å²) >= 11 is 0. The minimum atomic E-state index is -1.08. The number of carbonyl (C=O) groups is 2. The molecule has 0 fully saturated rings. The van der Waals surface area contributed by atoms with Crippen molar-refractivity contribution in [3.8, 4) is 0 Å². The Bertz CT molecular complexity index is 436. The Kier molecular flexibility index (Phi) is 10.5. The van der Waals surface area contributed by atoms with E-state index in [1.165, 1.54) is 0 Å². The molecule has 8 heteroatoms. The number of fused-ring (bicyclic) bond motifs is 1. The molecule has 0 aliphatic carbocycles. The molecular formula is C10H11CuN3O4. The fraction of sp³-hybridized carbons (Fsp3) is 0.200. The second-order valence-corrected chi connectivity index (χ2v) is 2.81. The minimum absolute atomic E-state index is 0. The third kappa shape index (κ3) is 10.6. The molecule has 1 heterocycles. The Morgan fingerprint density at radius 3 is 2.00 bits per heavy atom. The molecule has 18 heavy (non-hydrogen) atoms. The van der Waals surface area contributed by atoms with Crippen molar-refractivity contribution in [2.75, 3.05) is 0 Å². The van der Waals surface area contributed by atoms with Crippen LogP contribution in [0.3, 0.4) is 0 Å². The molecule has 1 radical (unpaired) electrons. The zero-order chi connectivity index (χ0) is 13.3. The monoisotopic (exact) mass is 300 g/mol. The summed E-state index contributed by atoms with van der Waals surface area (Å²) in [7, 11) is 0. The van der Waals surface area contributed by atoms with Crippen molar-refractivity contribution in [2.24, 2.45) is 0 Å². The molecule has 1 aromatic carbocycles. The Morgan fingerprint density at radius 1 is 1.11 bits per heavy atom. The van der Waals surface area contributed by atoms with Gasteiger partial charge < -0.3 is 19.8 Å². The van der Waals surface area contributed by atoms with Crippen LogP contribution >= 0.6 is 0 Å². The molecule has 0 bridgehead atoms. The van der Waals surface area contributed by atoms with E-state index in [2.05, 4.69) is 15.4 Å². The van der Waals surface area contributed by atoms with Crippen molar-refractivity contribution in [1.82, 2.24) is 15.4 Å². The van der Waals surface area contributed by atoms with Crippen molar-refractivity contribution < 1.29 is 36.9 Å². The predicted molar refractivity (Wildman–Crippen MR) is 55.3 cm³/mol. The van der Waals surface area contributed by atoms with Crippen LogP contribution in [0.2, 0.25) is 0 Å². The molecule has 0 saturated carbocycles. The van der Waals surface area contributed by atoms with Gasteiger partial charge in [0.05, 0.1) is 5.52 Å². The predicted octanol–water partition coefficient (Wildman–Crippen LogP) is -1.53. The van der Waals surface area contributed by atoms with E-state index in [9.17, 15) is 0 Å². The Morgan fingerprint density at radius 2 is 1.56 bits per heavy atom. The molecular weight excluding hydrogens is 290 g/mol. The first-order valence-corrected chi connectivity index (χ1v) is 4.54. The number of aromatic nitrogens is 3. The van der Waals surface area contributed by atoms with E-state index in [-0.39, 0.29) is 17.1 Å². The maximum absolute atomic E-state index is 8.89. The number of rotatable bonds is 0. The van der Waals surface area contributed by atoms with Gasteiger partial charge in [-0.25, -0.2) is 0 Å². The summed E-state index contributed by atoms with van der Waals surface area (Å²) in [6, 6.07) is 7.74. The second-order valence-electron chi connectivity index (χ2n) is 2.81. The number of para-hydroxylation sites is 1. The van der Waals surface area contributed by atoms with Gasteiger partial charge in [-0.2, -0.15) is 0 Å². The molecule has 2 aromatic rings. The van der Waals surface area contributed by atoms with E-state index < -0.39 is 11.9 Å². The molecule has 0 atom stereocenters. The normalized spacial score (nSPS) is 7.89. The van der Waals surface area contributed by atoms with Gasteiger partial charge in [-0.05, 0) is 26.0 Å². The van der Waals surface area contributed by atoms with E-state index >= 15 is 0 Å². The first kappa shape index (κ1) is 18.4. The van der Waals surface area contributed by atoms with Crippen molar-refractivity contribution in [2.45, 2.75) is 13.8 Å². The summed E-state index contributed by atoms with van der Waals surface area (Å²) in [4.78, 5) is 17.8. The third-order valence-electron chi connectivity index (χ3n) is 1.23. The van der Waals surface area contributed by atoms with E-state index in [4.69, 9.17) is 19.8 Å². The maximum atomic E-state index is 8.89. The van der Waals surface area contributed by atoms with Crippen molar-refractivity contribution in [1.29, 1.82) is 0 Å². The number of carbonyl (C=O) groups excluding carboxylic acids is 2. The number of nitrogens with zero attached hydrogens (tertiary/aromatic N) is 2. The van der Waals surface area contributed by atoms with E-state index in [1.54, 1.807) is 0 Å². The number of hydrogen-bond acceptors (Lipinski definition) is 6. The van der Waals surface area contributed by atoms with Crippen LogP contribution < -0.4 is 10.2 Å². The number of nitrogens with one attached hydrogen (secondary N) is 1. The van der Waals surface area contributed by atoms with Gasteiger partial charge in [-0.15, -0.1) is 5.10 Å². The van der Waals surface area contributed by atoms with Crippen molar-refractivity contribution in [3.05, 3.63) is 24.3 Å².